The van der Waals surface area contributed by atoms with Crippen LogP contribution in [0.2, 0.25) is 5.15 Å². The molecule has 2 aromatic heterocycles. The first-order chi connectivity index (χ1) is 7.86. The highest BCUT2D eigenvalue weighted by molar-refractivity contribution is 6.99. The third kappa shape index (κ3) is 3.15. The average molecular weight is 256 g/mol. The summed E-state index contributed by atoms with van der Waals surface area (Å²) >= 11 is 6.79. The van der Waals surface area contributed by atoms with Crippen LogP contribution in [0.5, 0.6) is 5.88 Å². The number of aromatic nitrogens is 3. The fourth-order valence-electron chi connectivity index (χ4n) is 1.25. The Balaban J connectivity index is 1.72. The lowest BCUT2D eigenvalue weighted by atomic mass is 10.1. The quantitative estimate of drug-likeness (QED) is 0.771. The van der Waals surface area contributed by atoms with Gasteiger partial charge in [-0.3, -0.25) is 4.98 Å². The maximum Gasteiger partial charge on any atom is 0.265 e. The lowest BCUT2D eigenvalue weighted by molar-refractivity contribution is 0.302. The summed E-state index contributed by atoms with van der Waals surface area (Å²) in [6, 6.07) is 3.99. The molecule has 2 heterocycles. The average Bonchev–Trinajstić information content (AvgIpc) is 2.72. The van der Waals surface area contributed by atoms with Gasteiger partial charge in [-0.15, -0.1) is 4.37 Å². The van der Waals surface area contributed by atoms with Gasteiger partial charge in [-0.25, -0.2) is 0 Å². The van der Waals surface area contributed by atoms with Gasteiger partial charge >= 0.3 is 0 Å². The zero-order valence-corrected chi connectivity index (χ0v) is 10.0. The van der Waals surface area contributed by atoms with Crippen LogP contribution in [0, 0.1) is 0 Å². The van der Waals surface area contributed by atoms with E-state index in [1.165, 1.54) is 5.56 Å². The van der Waals surface area contributed by atoms with Crippen LogP contribution in [0.4, 0.5) is 0 Å². The second-order valence-electron chi connectivity index (χ2n) is 3.17. The highest BCUT2D eigenvalue weighted by Crippen LogP contribution is 2.20. The van der Waals surface area contributed by atoms with Crippen molar-refractivity contribution in [2.24, 2.45) is 0 Å². The Morgan fingerprint density at radius 1 is 1.25 bits per heavy atom. The number of hydrogen-bond acceptors (Lipinski definition) is 5. The van der Waals surface area contributed by atoms with Crippen molar-refractivity contribution in [2.45, 2.75) is 12.8 Å². The molecule has 0 unspecified atom stereocenters. The van der Waals surface area contributed by atoms with Crippen LogP contribution in [0.1, 0.15) is 12.0 Å². The summed E-state index contributed by atoms with van der Waals surface area (Å²) in [5.74, 6) is 0.432. The van der Waals surface area contributed by atoms with Gasteiger partial charge in [0.1, 0.15) is 0 Å². The Morgan fingerprint density at radius 3 is 2.75 bits per heavy atom. The van der Waals surface area contributed by atoms with E-state index in [-0.39, 0.29) is 0 Å². The number of ether oxygens (including phenoxy) is 1. The molecule has 0 saturated heterocycles. The summed E-state index contributed by atoms with van der Waals surface area (Å²) in [7, 11) is 0. The number of hydrogen-bond donors (Lipinski definition) is 0. The zero-order chi connectivity index (χ0) is 11.2. The molecule has 0 spiro atoms. The van der Waals surface area contributed by atoms with Crippen molar-refractivity contribution < 1.29 is 4.74 Å². The van der Waals surface area contributed by atoms with Gasteiger partial charge in [0.25, 0.3) is 5.88 Å². The predicted octanol–water partition coefficient (Wildman–Crippen LogP) is 2.60. The molecular formula is C10H10ClN3OS. The van der Waals surface area contributed by atoms with E-state index >= 15 is 0 Å². The minimum absolute atomic E-state index is 0.342. The number of rotatable bonds is 5. The minimum atomic E-state index is 0.342. The Hall–Kier alpha value is -1.20. The van der Waals surface area contributed by atoms with E-state index in [4.69, 9.17) is 16.3 Å². The summed E-state index contributed by atoms with van der Waals surface area (Å²) in [5.41, 5.74) is 1.25. The Kier molecular flexibility index (Phi) is 4.07. The first-order valence-electron chi connectivity index (χ1n) is 4.86. The van der Waals surface area contributed by atoms with Gasteiger partial charge < -0.3 is 4.74 Å². The van der Waals surface area contributed by atoms with E-state index in [9.17, 15) is 0 Å². The van der Waals surface area contributed by atoms with E-state index in [0.717, 1.165) is 24.6 Å². The van der Waals surface area contributed by atoms with Gasteiger partial charge in [0, 0.05) is 12.4 Å². The molecule has 0 amide bonds. The molecule has 2 aromatic rings. The van der Waals surface area contributed by atoms with E-state index in [0.29, 0.717) is 17.6 Å². The normalized spacial score (nSPS) is 10.3. The number of halogens is 1. The number of nitrogens with zero attached hydrogens (tertiary/aromatic N) is 3. The van der Waals surface area contributed by atoms with Crippen molar-refractivity contribution in [3.05, 3.63) is 35.2 Å². The van der Waals surface area contributed by atoms with Crippen LogP contribution in [-0.4, -0.2) is 20.3 Å². The van der Waals surface area contributed by atoms with E-state index in [1.54, 1.807) is 12.4 Å². The highest BCUT2D eigenvalue weighted by atomic mass is 35.5. The third-order valence-corrected chi connectivity index (χ3v) is 2.88. The standard InChI is InChI=1S/C10H10ClN3OS/c11-9-10(14-16-13-9)15-7-1-2-8-3-5-12-6-4-8/h3-6H,1-2,7H2. The maximum atomic E-state index is 5.74. The van der Waals surface area contributed by atoms with Crippen molar-refractivity contribution in [2.75, 3.05) is 6.61 Å². The van der Waals surface area contributed by atoms with Crippen molar-refractivity contribution in [1.82, 2.24) is 13.7 Å². The topological polar surface area (TPSA) is 47.9 Å². The molecule has 16 heavy (non-hydrogen) atoms. The minimum Gasteiger partial charge on any atom is -0.475 e. The second kappa shape index (κ2) is 5.77. The van der Waals surface area contributed by atoms with Crippen molar-refractivity contribution in [1.29, 1.82) is 0 Å². The first kappa shape index (κ1) is 11.3. The number of aryl methyl sites for hydroxylation is 1. The summed E-state index contributed by atoms with van der Waals surface area (Å²) in [6.07, 6.45) is 5.45. The molecular weight excluding hydrogens is 246 g/mol. The van der Waals surface area contributed by atoms with Gasteiger partial charge in [0.15, 0.2) is 0 Å². The highest BCUT2D eigenvalue weighted by Gasteiger charge is 2.05. The lowest BCUT2D eigenvalue weighted by Gasteiger charge is -2.02. The molecule has 0 N–H and O–H groups in total. The SMILES string of the molecule is Clc1nsnc1OCCCc1ccncc1. The van der Waals surface area contributed by atoms with Crippen molar-refractivity contribution in [3.63, 3.8) is 0 Å². The Labute approximate surface area is 103 Å². The molecule has 84 valence electrons. The Morgan fingerprint density at radius 2 is 2.06 bits per heavy atom. The number of pyridine rings is 1. The van der Waals surface area contributed by atoms with Crippen LogP contribution in [0.25, 0.3) is 0 Å². The largest absolute Gasteiger partial charge is 0.475 e. The molecule has 6 heteroatoms. The van der Waals surface area contributed by atoms with E-state index < -0.39 is 0 Å². The Bertz CT molecular complexity index is 435. The van der Waals surface area contributed by atoms with E-state index in [1.807, 2.05) is 12.1 Å². The second-order valence-corrected chi connectivity index (χ2v) is 4.05. The van der Waals surface area contributed by atoms with Crippen LogP contribution in [0.15, 0.2) is 24.5 Å². The third-order valence-electron chi connectivity index (χ3n) is 2.02. The molecule has 0 aliphatic rings. The smallest absolute Gasteiger partial charge is 0.265 e. The van der Waals surface area contributed by atoms with Gasteiger partial charge in [-0.1, -0.05) is 11.6 Å². The molecule has 0 aliphatic carbocycles. The predicted molar refractivity (Wildman–Crippen MR) is 63.0 cm³/mol. The van der Waals surface area contributed by atoms with Crippen LogP contribution < -0.4 is 4.74 Å². The molecule has 0 aliphatic heterocycles. The maximum absolute atomic E-state index is 5.74. The summed E-state index contributed by atoms with van der Waals surface area (Å²) in [6.45, 7) is 0.591. The zero-order valence-electron chi connectivity index (χ0n) is 8.47. The fraction of sp³-hybridized carbons (Fsp3) is 0.300. The van der Waals surface area contributed by atoms with Crippen LogP contribution in [0.3, 0.4) is 0 Å². The van der Waals surface area contributed by atoms with Gasteiger partial charge in [-0.05, 0) is 30.5 Å². The molecule has 0 saturated carbocycles. The lowest BCUT2D eigenvalue weighted by Crippen LogP contribution is -1.99. The van der Waals surface area contributed by atoms with E-state index in [2.05, 4.69) is 13.7 Å². The summed E-state index contributed by atoms with van der Waals surface area (Å²) in [4.78, 5) is 3.96. The van der Waals surface area contributed by atoms with Crippen molar-refractivity contribution >= 4 is 23.3 Å². The summed E-state index contributed by atoms with van der Waals surface area (Å²) in [5, 5.41) is 0.342. The molecule has 0 radical (unpaired) electrons. The molecule has 0 fully saturated rings. The summed E-state index contributed by atoms with van der Waals surface area (Å²) < 4.78 is 13.1. The molecule has 0 aromatic carbocycles. The first-order valence-corrected chi connectivity index (χ1v) is 5.97. The molecule has 4 nitrogen and oxygen atoms in total. The van der Waals surface area contributed by atoms with Crippen LogP contribution >= 0.6 is 23.3 Å². The van der Waals surface area contributed by atoms with Gasteiger partial charge in [0.2, 0.25) is 5.15 Å². The monoisotopic (exact) mass is 255 g/mol. The fourth-order valence-corrected chi connectivity index (χ4v) is 1.89. The molecule has 0 bridgehead atoms. The van der Waals surface area contributed by atoms with Gasteiger partial charge in [-0.2, -0.15) is 4.37 Å². The van der Waals surface area contributed by atoms with Gasteiger partial charge in [0.05, 0.1) is 18.3 Å². The van der Waals surface area contributed by atoms with Crippen molar-refractivity contribution in [3.8, 4) is 5.88 Å². The molecule has 2 rings (SSSR count). The molecule has 0 atom stereocenters. The van der Waals surface area contributed by atoms with Crippen LogP contribution in [-0.2, 0) is 6.42 Å².